The van der Waals surface area contributed by atoms with Crippen molar-refractivity contribution in [3.63, 3.8) is 0 Å². The Bertz CT molecular complexity index is 1070. The summed E-state index contributed by atoms with van der Waals surface area (Å²) in [6, 6.07) is 6.27. The van der Waals surface area contributed by atoms with Crippen molar-refractivity contribution < 1.29 is 4.92 Å². The van der Waals surface area contributed by atoms with E-state index in [4.69, 9.17) is 0 Å². The molecule has 3 aromatic rings. The highest BCUT2D eigenvalue weighted by molar-refractivity contribution is 7.18. The number of aromatic nitrogens is 2. The molecule has 2 heterocycles. The summed E-state index contributed by atoms with van der Waals surface area (Å²) in [5, 5.41) is 15.8. The number of thiophene rings is 1. The Hall–Kier alpha value is -2.87. The lowest BCUT2D eigenvalue weighted by molar-refractivity contribution is -0.385. The molecule has 0 saturated carbocycles. The Morgan fingerprint density at radius 3 is 2.92 bits per heavy atom. The van der Waals surface area contributed by atoms with Gasteiger partial charge in [-0.3, -0.25) is 14.9 Å². The minimum absolute atomic E-state index is 0.0544. The number of benzene rings is 1. The molecule has 25 heavy (non-hydrogen) atoms. The topological polar surface area (TPSA) is 90.4 Å². The Kier molecular flexibility index (Phi) is 3.89. The molecule has 8 heteroatoms. The second kappa shape index (κ2) is 6.21. The van der Waals surface area contributed by atoms with Crippen LogP contribution in [0.1, 0.15) is 28.8 Å². The first-order valence-electron chi connectivity index (χ1n) is 7.95. The normalized spacial score (nSPS) is 14.1. The van der Waals surface area contributed by atoms with Crippen molar-refractivity contribution in [2.75, 3.05) is 0 Å². The van der Waals surface area contributed by atoms with Gasteiger partial charge >= 0.3 is 0 Å². The van der Waals surface area contributed by atoms with Gasteiger partial charge in [0.05, 0.1) is 22.1 Å². The van der Waals surface area contributed by atoms with Crippen molar-refractivity contribution in [2.45, 2.75) is 25.7 Å². The molecule has 0 N–H and O–H groups in total. The zero-order chi connectivity index (χ0) is 17.4. The molecule has 0 saturated heterocycles. The minimum Gasteiger partial charge on any atom is -0.267 e. The van der Waals surface area contributed by atoms with Crippen LogP contribution in [0.2, 0.25) is 0 Å². The molecular weight excluding hydrogens is 340 g/mol. The zero-order valence-electron chi connectivity index (χ0n) is 13.2. The predicted octanol–water partition coefficient (Wildman–Crippen LogP) is 3.13. The maximum Gasteiger partial charge on any atom is 0.282 e. The number of aryl methyl sites for hydroxylation is 2. The molecule has 4 rings (SSSR count). The number of nitro benzene ring substituents is 1. The summed E-state index contributed by atoms with van der Waals surface area (Å²) >= 11 is 1.58. The highest BCUT2D eigenvalue weighted by Gasteiger charge is 2.20. The quantitative estimate of drug-likeness (QED) is 0.410. The second-order valence-electron chi connectivity index (χ2n) is 5.85. The van der Waals surface area contributed by atoms with Crippen LogP contribution in [0.15, 0.2) is 40.5 Å². The predicted molar refractivity (Wildman–Crippen MR) is 96.6 cm³/mol. The van der Waals surface area contributed by atoms with Crippen molar-refractivity contribution in [3.05, 3.63) is 67.1 Å². The monoisotopic (exact) mass is 354 g/mol. The van der Waals surface area contributed by atoms with Gasteiger partial charge in [-0.1, -0.05) is 12.1 Å². The highest BCUT2D eigenvalue weighted by Crippen LogP contribution is 2.33. The zero-order valence-corrected chi connectivity index (χ0v) is 14.0. The van der Waals surface area contributed by atoms with Gasteiger partial charge in [0.15, 0.2) is 0 Å². The molecule has 0 atom stereocenters. The van der Waals surface area contributed by atoms with E-state index in [0.29, 0.717) is 10.9 Å². The molecular formula is C17H14N4O3S. The summed E-state index contributed by atoms with van der Waals surface area (Å²) in [5.41, 5.74) is 1.16. The Morgan fingerprint density at radius 1 is 1.28 bits per heavy atom. The number of para-hydroxylation sites is 1. The fourth-order valence-electron chi connectivity index (χ4n) is 3.11. The summed E-state index contributed by atoms with van der Waals surface area (Å²) in [4.78, 5) is 29.7. The smallest absolute Gasteiger partial charge is 0.267 e. The van der Waals surface area contributed by atoms with E-state index in [1.165, 1.54) is 23.5 Å². The molecule has 0 fully saturated rings. The Balaban J connectivity index is 1.79. The van der Waals surface area contributed by atoms with Crippen LogP contribution >= 0.6 is 11.3 Å². The van der Waals surface area contributed by atoms with Crippen LogP contribution in [0.4, 0.5) is 5.69 Å². The Morgan fingerprint density at radius 2 is 2.08 bits per heavy atom. The first-order valence-corrected chi connectivity index (χ1v) is 8.76. The van der Waals surface area contributed by atoms with E-state index < -0.39 is 4.92 Å². The van der Waals surface area contributed by atoms with E-state index in [-0.39, 0.29) is 11.2 Å². The van der Waals surface area contributed by atoms with Crippen LogP contribution in [0.3, 0.4) is 0 Å². The number of nitrogens with zero attached hydrogens (tertiary/aromatic N) is 4. The molecule has 126 valence electrons. The first-order chi connectivity index (χ1) is 12.1. The minimum atomic E-state index is -0.471. The molecule has 0 spiro atoms. The molecule has 0 bridgehead atoms. The second-order valence-corrected chi connectivity index (χ2v) is 6.93. The van der Waals surface area contributed by atoms with Crippen molar-refractivity contribution in [2.24, 2.45) is 5.10 Å². The summed E-state index contributed by atoms with van der Waals surface area (Å²) in [6.45, 7) is 0. The van der Waals surface area contributed by atoms with Crippen LogP contribution in [-0.2, 0) is 12.8 Å². The third-order valence-corrected chi connectivity index (χ3v) is 5.51. The van der Waals surface area contributed by atoms with E-state index in [2.05, 4.69) is 10.1 Å². The van der Waals surface area contributed by atoms with Crippen molar-refractivity contribution in [3.8, 4) is 0 Å². The molecule has 0 aliphatic heterocycles. The van der Waals surface area contributed by atoms with Gasteiger partial charge < -0.3 is 0 Å². The Labute approximate surface area is 146 Å². The molecule has 7 nitrogen and oxygen atoms in total. The van der Waals surface area contributed by atoms with Gasteiger partial charge in [-0.15, -0.1) is 11.3 Å². The van der Waals surface area contributed by atoms with Crippen LogP contribution in [0.25, 0.3) is 10.2 Å². The number of hydrogen-bond acceptors (Lipinski definition) is 6. The summed E-state index contributed by atoms with van der Waals surface area (Å²) in [7, 11) is 0. The van der Waals surface area contributed by atoms with E-state index in [1.54, 1.807) is 29.5 Å². The highest BCUT2D eigenvalue weighted by atomic mass is 32.1. The number of fused-ring (bicyclic) bond motifs is 3. The molecule has 1 aliphatic rings. The van der Waals surface area contributed by atoms with E-state index in [1.807, 2.05) is 0 Å². The van der Waals surface area contributed by atoms with Gasteiger partial charge in [0.25, 0.3) is 11.2 Å². The SMILES string of the molecule is O=c1c2c3c(sc2ncn1N=Cc1ccccc1[N+](=O)[O-])CCCC3. The van der Waals surface area contributed by atoms with Crippen LogP contribution < -0.4 is 5.56 Å². The van der Waals surface area contributed by atoms with E-state index in [0.717, 1.165) is 40.8 Å². The van der Waals surface area contributed by atoms with Crippen LogP contribution in [-0.4, -0.2) is 20.8 Å². The molecule has 0 radical (unpaired) electrons. The first kappa shape index (κ1) is 15.6. The van der Waals surface area contributed by atoms with Gasteiger partial charge in [-0.2, -0.15) is 9.78 Å². The average Bonchev–Trinajstić information content (AvgIpc) is 3.00. The molecule has 0 amide bonds. The average molecular weight is 354 g/mol. The van der Waals surface area contributed by atoms with E-state index in [9.17, 15) is 14.9 Å². The fraction of sp³-hybridized carbons (Fsp3) is 0.235. The third-order valence-electron chi connectivity index (χ3n) is 4.31. The maximum atomic E-state index is 12.8. The van der Waals surface area contributed by atoms with E-state index >= 15 is 0 Å². The molecule has 0 unspecified atom stereocenters. The van der Waals surface area contributed by atoms with Gasteiger partial charge in [-0.25, -0.2) is 4.98 Å². The van der Waals surface area contributed by atoms with Gasteiger partial charge in [-0.05, 0) is 37.3 Å². The third kappa shape index (κ3) is 2.74. The lowest BCUT2D eigenvalue weighted by Crippen LogP contribution is -2.18. The van der Waals surface area contributed by atoms with Gasteiger partial charge in [0, 0.05) is 10.9 Å². The largest absolute Gasteiger partial charge is 0.282 e. The lowest BCUT2D eigenvalue weighted by atomic mass is 9.97. The number of hydrogen-bond donors (Lipinski definition) is 0. The summed E-state index contributed by atoms with van der Waals surface area (Å²) < 4.78 is 1.15. The van der Waals surface area contributed by atoms with Crippen molar-refractivity contribution >= 4 is 33.5 Å². The molecule has 1 aromatic carbocycles. The van der Waals surface area contributed by atoms with Crippen LogP contribution in [0.5, 0.6) is 0 Å². The molecule has 2 aromatic heterocycles. The molecule has 1 aliphatic carbocycles. The summed E-state index contributed by atoms with van der Waals surface area (Å²) in [6.07, 6.45) is 6.81. The number of rotatable bonds is 3. The maximum absolute atomic E-state index is 12.8. The summed E-state index contributed by atoms with van der Waals surface area (Å²) in [5.74, 6) is 0. The van der Waals surface area contributed by atoms with Gasteiger partial charge in [0.2, 0.25) is 0 Å². The van der Waals surface area contributed by atoms with Crippen molar-refractivity contribution in [1.29, 1.82) is 0 Å². The lowest BCUT2D eigenvalue weighted by Gasteiger charge is -2.09. The fourth-order valence-corrected chi connectivity index (χ4v) is 4.33. The van der Waals surface area contributed by atoms with Crippen LogP contribution in [0, 0.1) is 10.1 Å². The standard InChI is InChI=1S/C17H14N4O3S/c22-17-15-12-6-2-4-8-14(12)25-16(15)18-10-20(17)19-9-11-5-1-3-7-13(11)21(23)24/h1,3,5,7,9-10H,2,4,6,8H2. The van der Waals surface area contributed by atoms with Crippen molar-refractivity contribution in [1.82, 2.24) is 9.66 Å². The van der Waals surface area contributed by atoms with Gasteiger partial charge in [0.1, 0.15) is 11.2 Å². The number of nitro groups is 1.